The van der Waals surface area contributed by atoms with Crippen LogP contribution in [0.2, 0.25) is 0 Å². The normalized spacial score (nSPS) is 18.2. The van der Waals surface area contributed by atoms with Crippen molar-refractivity contribution in [2.45, 2.75) is 22.9 Å². The first-order chi connectivity index (χ1) is 17.7. The summed E-state index contributed by atoms with van der Waals surface area (Å²) in [6.07, 6.45) is 0.597. The van der Waals surface area contributed by atoms with E-state index in [1.807, 2.05) is 0 Å². The Morgan fingerprint density at radius 2 is 1.58 bits per heavy atom. The summed E-state index contributed by atoms with van der Waals surface area (Å²) >= 11 is 0. The predicted octanol–water partition coefficient (Wildman–Crippen LogP) is 3.26. The number of benzene rings is 4. The zero-order chi connectivity index (χ0) is 27.7. The number of hydrogen-bond acceptors (Lipinski definition) is 7. The van der Waals surface area contributed by atoms with Crippen molar-refractivity contribution in [1.82, 2.24) is 0 Å². The second-order valence-corrected chi connectivity index (χ2v) is 13.3. The number of rotatable bonds is 7. The lowest BCUT2D eigenvalue weighted by Crippen LogP contribution is -2.43. The highest BCUT2D eigenvalue weighted by atomic mass is 32.2. The molecule has 1 atom stereocenters. The summed E-state index contributed by atoms with van der Waals surface area (Å²) in [6.45, 7) is 3.29. The van der Waals surface area contributed by atoms with Gasteiger partial charge in [0.2, 0.25) is 4.93 Å². The van der Waals surface area contributed by atoms with Gasteiger partial charge in [-0.3, -0.25) is 13.7 Å². The van der Waals surface area contributed by atoms with E-state index in [1.54, 1.807) is 30.3 Å². The molecule has 1 aliphatic rings. The Bertz CT molecular complexity index is 2050. The van der Waals surface area contributed by atoms with Crippen LogP contribution in [0.3, 0.4) is 0 Å². The molecule has 0 aromatic heterocycles. The summed E-state index contributed by atoms with van der Waals surface area (Å²) in [5, 5.41) is 0.297. The molecule has 4 aromatic carbocycles. The van der Waals surface area contributed by atoms with Crippen molar-refractivity contribution in [2.75, 3.05) is 0 Å². The van der Waals surface area contributed by atoms with Crippen molar-refractivity contribution in [3.05, 3.63) is 89.2 Å². The monoisotopic (exact) mass is 576 g/mol. The van der Waals surface area contributed by atoms with Gasteiger partial charge in [0.25, 0.3) is 30.4 Å². The van der Waals surface area contributed by atoms with E-state index >= 15 is 0 Å². The Hall–Kier alpha value is -3.17. The number of ether oxygens (including phenoxy) is 1. The van der Waals surface area contributed by atoms with Crippen LogP contribution in [-0.4, -0.2) is 38.9 Å². The van der Waals surface area contributed by atoms with Gasteiger partial charge >= 0.3 is 0 Å². The van der Waals surface area contributed by atoms with E-state index in [0.29, 0.717) is 16.5 Å². The molecule has 0 fully saturated rings. The maximum Gasteiger partial charge on any atom is 0.300 e. The fourth-order valence-electron chi connectivity index (χ4n) is 4.97. The van der Waals surface area contributed by atoms with E-state index in [1.165, 1.54) is 30.3 Å². The van der Waals surface area contributed by atoms with Gasteiger partial charge in [-0.2, -0.15) is 25.3 Å². The Morgan fingerprint density at radius 1 is 0.868 bits per heavy atom. The van der Waals surface area contributed by atoms with Crippen LogP contribution in [0.4, 0.5) is 0 Å². The molecule has 198 valence electrons. The first-order valence-electron chi connectivity index (χ1n) is 11.0. The van der Waals surface area contributed by atoms with Crippen LogP contribution >= 0.6 is 0 Å². The molecule has 0 bridgehead atoms. The predicted molar refractivity (Wildman–Crippen MR) is 141 cm³/mol. The van der Waals surface area contributed by atoms with Crippen LogP contribution in [0.1, 0.15) is 23.1 Å². The Labute approximate surface area is 218 Å². The van der Waals surface area contributed by atoms with Gasteiger partial charge in [-0.1, -0.05) is 61.2 Å². The van der Waals surface area contributed by atoms with Gasteiger partial charge in [-0.05, 0) is 44.6 Å². The summed E-state index contributed by atoms with van der Waals surface area (Å²) in [5.41, 5.74) is 1.02. The van der Waals surface area contributed by atoms with Crippen LogP contribution in [0.5, 0.6) is 0 Å². The summed E-state index contributed by atoms with van der Waals surface area (Å²) in [5.74, 6) is 0. The molecule has 3 N–H and O–H groups in total. The lowest BCUT2D eigenvalue weighted by atomic mass is 9.88. The van der Waals surface area contributed by atoms with Gasteiger partial charge in [0.15, 0.2) is 0 Å². The van der Waals surface area contributed by atoms with Gasteiger partial charge in [0.05, 0.1) is 11.5 Å². The van der Waals surface area contributed by atoms with Crippen LogP contribution in [0, 0.1) is 0 Å². The van der Waals surface area contributed by atoms with Crippen LogP contribution in [0.25, 0.3) is 32.5 Å². The first-order valence-corrected chi connectivity index (χ1v) is 15.3. The average molecular weight is 577 g/mol. The molecule has 4 aromatic rings. The third-order valence-electron chi connectivity index (χ3n) is 6.64. The quantitative estimate of drug-likeness (QED) is 0.277. The summed E-state index contributed by atoms with van der Waals surface area (Å²) < 4.78 is 111. The molecule has 5 rings (SSSR count). The van der Waals surface area contributed by atoms with Gasteiger partial charge in [0, 0.05) is 17.4 Å². The Morgan fingerprint density at radius 3 is 2.21 bits per heavy atom. The molecule has 0 saturated carbocycles. The zero-order valence-electron chi connectivity index (χ0n) is 19.4. The first kappa shape index (κ1) is 26.4. The van der Waals surface area contributed by atoms with Crippen molar-refractivity contribution in [1.29, 1.82) is 0 Å². The Balaban J connectivity index is 1.90. The molecule has 0 spiro atoms. The third-order valence-corrected chi connectivity index (χ3v) is 9.86. The maximum atomic E-state index is 13.0. The molecular weight excluding hydrogens is 556 g/mol. The second kappa shape index (κ2) is 8.68. The summed E-state index contributed by atoms with van der Waals surface area (Å²) in [6, 6.07) is 14.5. The van der Waals surface area contributed by atoms with E-state index < -0.39 is 51.5 Å². The molecule has 0 heterocycles. The molecule has 1 aliphatic carbocycles. The highest BCUT2D eigenvalue weighted by Gasteiger charge is 2.52. The van der Waals surface area contributed by atoms with E-state index in [-0.39, 0.29) is 33.5 Å². The minimum absolute atomic E-state index is 0.0230. The largest absolute Gasteiger partial charge is 0.348 e. The van der Waals surface area contributed by atoms with Gasteiger partial charge < -0.3 is 4.74 Å². The molecule has 0 radical (unpaired) electrons. The van der Waals surface area contributed by atoms with Crippen molar-refractivity contribution in [3.8, 4) is 0 Å². The van der Waals surface area contributed by atoms with E-state index in [2.05, 4.69) is 6.58 Å². The van der Waals surface area contributed by atoms with E-state index in [4.69, 9.17) is 4.74 Å². The third kappa shape index (κ3) is 4.12. The minimum atomic E-state index is -5.24. The van der Waals surface area contributed by atoms with Gasteiger partial charge in [-0.15, -0.1) is 0 Å². The van der Waals surface area contributed by atoms with Crippen molar-refractivity contribution in [3.63, 3.8) is 0 Å². The fourth-order valence-corrected chi connectivity index (χ4v) is 7.57. The molecular formula is C25H20O10S3. The highest BCUT2D eigenvalue weighted by Crippen LogP contribution is 2.47. The van der Waals surface area contributed by atoms with E-state index in [9.17, 15) is 38.9 Å². The molecule has 38 heavy (non-hydrogen) atoms. The fraction of sp³-hybridized carbons (Fsp3) is 0.120. The second-order valence-electron chi connectivity index (χ2n) is 8.83. The van der Waals surface area contributed by atoms with Crippen LogP contribution in [0.15, 0.2) is 72.1 Å². The molecule has 1 unspecified atom stereocenters. The standard InChI is InChI=1S/C25H20O10S3/c1-2-15-4-3-5-16(12-15)14-35-25(38(32,33)34)13-22(37(29,30)31)19-8-6-17-7-11-21(36(26,27)28)18-9-10-20(25)24(19)23(17)18/h2-12H,1,13-14H2,(H,26,27,28)(H,29,30,31)(H,32,33,34). The van der Waals surface area contributed by atoms with Gasteiger partial charge in [0.1, 0.15) is 4.90 Å². The van der Waals surface area contributed by atoms with Crippen molar-refractivity contribution >= 4 is 62.9 Å². The summed E-state index contributed by atoms with van der Waals surface area (Å²) in [7, 11) is -15.0. The van der Waals surface area contributed by atoms with Gasteiger partial charge in [-0.25, -0.2) is 0 Å². The Kier molecular flexibility index (Phi) is 6.04. The smallest absolute Gasteiger partial charge is 0.300 e. The lowest BCUT2D eigenvalue weighted by molar-refractivity contribution is 0.000172. The molecule has 0 amide bonds. The minimum Gasteiger partial charge on any atom is -0.348 e. The molecule has 0 aliphatic heterocycles. The number of hydrogen-bond donors (Lipinski definition) is 3. The highest BCUT2D eigenvalue weighted by molar-refractivity contribution is 7.95. The zero-order valence-corrected chi connectivity index (χ0v) is 21.8. The lowest BCUT2D eigenvalue weighted by Gasteiger charge is -2.35. The maximum absolute atomic E-state index is 13.0. The van der Waals surface area contributed by atoms with Crippen LogP contribution in [-0.2, 0) is 46.6 Å². The average Bonchev–Trinajstić information content (AvgIpc) is 2.84. The SMILES string of the molecule is C=Cc1cccc(COC2(S(=O)(=O)O)CC(S(=O)(=O)O)=c3ccc4ccc(S(=O)(=O)O)c5ccc2c3c45)c1. The van der Waals surface area contributed by atoms with E-state index in [0.717, 1.165) is 6.07 Å². The van der Waals surface area contributed by atoms with Crippen molar-refractivity contribution < 1.29 is 43.6 Å². The molecule has 10 nitrogen and oxygen atoms in total. The molecule has 0 saturated heterocycles. The van der Waals surface area contributed by atoms with Crippen molar-refractivity contribution in [2.24, 2.45) is 0 Å². The molecule has 13 heteroatoms. The summed E-state index contributed by atoms with van der Waals surface area (Å²) in [4.78, 5) is -3.92. The van der Waals surface area contributed by atoms with Crippen LogP contribution < -0.4 is 5.22 Å². The topological polar surface area (TPSA) is 172 Å².